The fraction of sp³-hybridized carbons (Fsp3) is 0.522. The number of carboxylic acids is 2. The van der Waals surface area contributed by atoms with Gasteiger partial charge in [-0.2, -0.15) is 0 Å². The summed E-state index contributed by atoms with van der Waals surface area (Å²) < 4.78 is 0. The highest BCUT2D eigenvalue weighted by Gasteiger charge is 2.33. The zero-order chi connectivity index (χ0) is 27.6. The first-order chi connectivity index (χ1) is 16.8. The van der Waals surface area contributed by atoms with E-state index in [0.717, 1.165) is 0 Å². The van der Waals surface area contributed by atoms with Crippen molar-refractivity contribution in [3.8, 4) is 5.75 Å². The highest BCUT2D eigenvalue weighted by Crippen LogP contribution is 2.12. The Labute approximate surface area is 208 Å². The van der Waals surface area contributed by atoms with Crippen molar-refractivity contribution in [3.05, 3.63) is 29.8 Å². The zero-order valence-electron chi connectivity index (χ0n) is 20.3. The summed E-state index contributed by atoms with van der Waals surface area (Å²) in [5.41, 5.74) is 6.36. The molecule has 6 atom stereocenters. The number of nitrogens with two attached hydrogens (primary N) is 1. The molecule has 0 aliphatic rings. The number of phenolic OH excluding ortho intramolecular Hbond substituents is 1. The molecule has 1 aromatic rings. The number of carbonyl (C=O) groups excluding carboxylic acids is 3. The van der Waals surface area contributed by atoms with Crippen LogP contribution in [0.15, 0.2) is 24.3 Å². The van der Waals surface area contributed by atoms with Crippen LogP contribution < -0.4 is 21.7 Å². The van der Waals surface area contributed by atoms with Crippen LogP contribution in [-0.2, 0) is 30.4 Å². The highest BCUT2D eigenvalue weighted by atomic mass is 16.4. The van der Waals surface area contributed by atoms with Crippen molar-refractivity contribution in [1.29, 1.82) is 0 Å². The Morgan fingerprint density at radius 1 is 0.889 bits per heavy atom. The Morgan fingerprint density at radius 2 is 1.44 bits per heavy atom. The lowest BCUT2D eigenvalue weighted by Crippen LogP contribution is -2.60. The van der Waals surface area contributed by atoms with Gasteiger partial charge in [0.1, 0.15) is 23.9 Å². The van der Waals surface area contributed by atoms with E-state index >= 15 is 0 Å². The summed E-state index contributed by atoms with van der Waals surface area (Å²) >= 11 is 0. The van der Waals surface area contributed by atoms with Crippen LogP contribution in [0, 0.1) is 5.92 Å². The van der Waals surface area contributed by atoms with Crippen molar-refractivity contribution >= 4 is 29.7 Å². The molecule has 200 valence electrons. The Hall–Kier alpha value is -3.71. The van der Waals surface area contributed by atoms with E-state index < -0.39 is 66.4 Å². The monoisotopic (exact) mass is 510 g/mol. The van der Waals surface area contributed by atoms with Gasteiger partial charge in [0.2, 0.25) is 17.7 Å². The van der Waals surface area contributed by atoms with E-state index in [1.807, 2.05) is 6.92 Å². The maximum absolute atomic E-state index is 13.0. The molecule has 0 saturated carbocycles. The van der Waals surface area contributed by atoms with Crippen LogP contribution in [0.3, 0.4) is 0 Å². The van der Waals surface area contributed by atoms with Crippen LogP contribution in [0.25, 0.3) is 0 Å². The van der Waals surface area contributed by atoms with Gasteiger partial charge in [-0.05, 0) is 30.5 Å². The molecule has 9 N–H and O–H groups in total. The molecule has 0 saturated heterocycles. The van der Waals surface area contributed by atoms with Crippen molar-refractivity contribution in [2.24, 2.45) is 11.7 Å². The van der Waals surface area contributed by atoms with Gasteiger partial charge in [0, 0.05) is 6.42 Å². The fourth-order valence-electron chi connectivity index (χ4n) is 3.15. The third-order valence-corrected chi connectivity index (χ3v) is 5.62. The fourth-order valence-corrected chi connectivity index (χ4v) is 3.15. The first-order valence-corrected chi connectivity index (χ1v) is 11.3. The maximum atomic E-state index is 13.0. The Bertz CT molecular complexity index is 936. The topological polar surface area (TPSA) is 228 Å². The van der Waals surface area contributed by atoms with Crippen molar-refractivity contribution in [2.45, 2.75) is 70.3 Å². The number of carbonyl (C=O) groups is 5. The van der Waals surface area contributed by atoms with Gasteiger partial charge in [-0.3, -0.25) is 19.2 Å². The molecule has 0 aromatic heterocycles. The number of aromatic hydroxyl groups is 1. The van der Waals surface area contributed by atoms with Gasteiger partial charge in [0.15, 0.2) is 0 Å². The summed E-state index contributed by atoms with van der Waals surface area (Å²) in [5, 5.41) is 44.6. The number of aliphatic carboxylic acids is 2. The van der Waals surface area contributed by atoms with Gasteiger partial charge in [0.05, 0.1) is 18.6 Å². The predicted molar refractivity (Wildman–Crippen MR) is 127 cm³/mol. The van der Waals surface area contributed by atoms with E-state index in [1.54, 1.807) is 6.92 Å². The van der Waals surface area contributed by atoms with Gasteiger partial charge in [0.25, 0.3) is 0 Å². The molecular formula is C23H34N4O9. The normalized spacial score (nSPS) is 15.9. The van der Waals surface area contributed by atoms with E-state index in [9.17, 15) is 39.3 Å². The summed E-state index contributed by atoms with van der Waals surface area (Å²) in [6, 6.07) is -0.0182. The zero-order valence-corrected chi connectivity index (χ0v) is 20.3. The van der Waals surface area contributed by atoms with Crippen molar-refractivity contribution in [2.75, 3.05) is 0 Å². The average Bonchev–Trinajstić information content (AvgIpc) is 2.80. The Kier molecular flexibility index (Phi) is 11.8. The van der Waals surface area contributed by atoms with Crippen LogP contribution >= 0.6 is 0 Å². The molecule has 0 aliphatic heterocycles. The largest absolute Gasteiger partial charge is 0.508 e. The number of hydrogen-bond donors (Lipinski definition) is 8. The first-order valence-electron chi connectivity index (χ1n) is 11.3. The van der Waals surface area contributed by atoms with Gasteiger partial charge < -0.3 is 42.1 Å². The summed E-state index contributed by atoms with van der Waals surface area (Å²) in [7, 11) is 0. The van der Waals surface area contributed by atoms with E-state index in [4.69, 9.17) is 10.8 Å². The molecule has 0 heterocycles. The number of phenols is 1. The summed E-state index contributed by atoms with van der Waals surface area (Å²) in [4.78, 5) is 60.7. The maximum Gasteiger partial charge on any atom is 0.326 e. The van der Waals surface area contributed by atoms with Crippen LogP contribution in [0.2, 0.25) is 0 Å². The van der Waals surface area contributed by atoms with Crippen molar-refractivity contribution in [1.82, 2.24) is 16.0 Å². The minimum absolute atomic E-state index is 0.0503. The Balaban J connectivity index is 3.16. The molecule has 0 aliphatic carbocycles. The molecular weight excluding hydrogens is 476 g/mol. The first kappa shape index (κ1) is 30.3. The lowest BCUT2D eigenvalue weighted by atomic mass is 9.98. The second-order valence-corrected chi connectivity index (χ2v) is 8.57. The molecule has 13 nitrogen and oxygen atoms in total. The van der Waals surface area contributed by atoms with Crippen LogP contribution in [0.5, 0.6) is 5.75 Å². The summed E-state index contributed by atoms with van der Waals surface area (Å²) in [6.07, 6.45) is -1.87. The quantitative estimate of drug-likeness (QED) is 0.147. The number of amides is 3. The number of hydrogen-bond acceptors (Lipinski definition) is 8. The molecule has 0 radical (unpaired) electrons. The lowest BCUT2D eigenvalue weighted by molar-refractivity contribution is -0.147. The highest BCUT2D eigenvalue weighted by molar-refractivity contribution is 5.95. The molecule has 0 bridgehead atoms. The number of aliphatic hydroxyl groups is 1. The smallest absolute Gasteiger partial charge is 0.326 e. The second kappa shape index (κ2) is 14.0. The second-order valence-electron chi connectivity index (χ2n) is 8.57. The van der Waals surface area contributed by atoms with E-state index in [-0.39, 0.29) is 18.1 Å². The van der Waals surface area contributed by atoms with Gasteiger partial charge in [-0.15, -0.1) is 0 Å². The summed E-state index contributed by atoms with van der Waals surface area (Å²) in [6.45, 7) is 4.83. The standard InChI is InChI=1S/C23H34N4O9/c1-4-11(2)18(24)21(33)27-19(12(3)28)22(34)25-15(9-13-5-7-14(29)8-6-13)20(32)26-16(23(35)36)10-17(30)31/h5-8,11-12,15-16,18-19,28-29H,4,9-10,24H2,1-3H3,(H,25,34)(H,26,32)(H,27,33)(H,30,31)(H,35,36). The molecule has 6 unspecified atom stereocenters. The number of rotatable bonds is 14. The summed E-state index contributed by atoms with van der Waals surface area (Å²) in [5.74, 6) is -5.94. The van der Waals surface area contributed by atoms with Crippen molar-refractivity contribution in [3.63, 3.8) is 0 Å². The van der Waals surface area contributed by atoms with Gasteiger partial charge in [-0.1, -0.05) is 32.4 Å². The van der Waals surface area contributed by atoms with Gasteiger partial charge in [-0.25, -0.2) is 4.79 Å². The number of carboxylic acid groups (broad SMARTS) is 2. The Morgan fingerprint density at radius 3 is 1.92 bits per heavy atom. The molecule has 0 fully saturated rings. The van der Waals surface area contributed by atoms with Gasteiger partial charge >= 0.3 is 11.9 Å². The number of nitrogens with one attached hydrogen (secondary N) is 3. The number of benzene rings is 1. The molecule has 0 spiro atoms. The van der Waals surface area contributed by atoms with Crippen LogP contribution in [0.1, 0.15) is 39.2 Å². The SMILES string of the molecule is CCC(C)C(N)C(=O)NC(C(=O)NC(Cc1ccc(O)cc1)C(=O)NC(CC(=O)O)C(=O)O)C(C)O. The molecule has 3 amide bonds. The lowest BCUT2D eigenvalue weighted by Gasteiger charge is -2.27. The molecule has 13 heteroatoms. The predicted octanol–water partition coefficient (Wildman–Crippen LogP) is -1.30. The third-order valence-electron chi connectivity index (χ3n) is 5.62. The molecule has 36 heavy (non-hydrogen) atoms. The number of aliphatic hydroxyl groups excluding tert-OH is 1. The van der Waals surface area contributed by atoms with E-state index in [0.29, 0.717) is 12.0 Å². The van der Waals surface area contributed by atoms with E-state index in [1.165, 1.54) is 31.2 Å². The minimum atomic E-state index is -1.77. The average molecular weight is 511 g/mol. The molecule has 1 aromatic carbocycles. The van der Waals surface area contributed by atoms with Crippen LogP contribution in [0.4, 0.5) is 0 Å². The van der Waals surface area contributed by atoms with Crippen LogP contribution in [-0.4, -0.2) is 80.4 Å². The molecule has 1 rings (SSSR count). The van der Waals surface area contributed by atoms with Crippen molar-refractivity contribution < 1.29 is 44.4 Å². The third kappa shape index (κ3) is 9.50. The minimum Gasteiger partial charge on any atom is -0.508 e. The van der Waals surface area contributed by atoms with E-state index in [2.05, 4.69) is 16.0 Å².